The van der Waals surface area contributed by atoms with E-state index in [4.69, 9.17) is 27.1 Å². The highest BCUT2D eigenvalue weighted by Crippen LogP contribution is 2.44. The molecule has 0 rings (SSSR count). The molecule has 0 aromatic heterocycles. The molecule has 0 radical (unpaired) electrons. The third kappa shape index (κ3) is 8.96. The fraction of sp³-hybridized carbons (Fsp3) is 0.667. The maximum Gasteiger partial charge on any atom is 0.336 e. The van der Waals surface area contributed by atoms with Gasteiger partial charge in [-0.3, -0.25) is 4.57 Å². The quantitative estimate of drug-likeness (QED) is 0.142. The molecule has 0 bridgehead atoms. The number of carbonyl (C=O) groups excluding carboxylic acids is 2. The van der Waals surface area contributed by atoms with Gasteiger partial charge in [0.2, 0.25) is 0 Å². The molecule has 7 nitrogen and oxygen atoms in total. The van der Waals surface area contributed by atoms with Crippen LogP contribution in [0, 0.1) is 12.3 Å². The fourth-order valence-corrected chi connectivity index (χ4v) is 4.54. The van der Waals surface area contributed by atoms with Crippen molar-refractivity contribution in [3.63, 3.8) is 0 Å². The zero-order valence-electron chi connectivity index (χ0n) is 12.6. The number of ether oxygens (including phenoxy) is 2. The second kappa shape index (κ2) is 9.73. The zero-order valence-corrected chi connectivity index (χ0v) is 16.4. The van der Waals surface area contributed by atoms with E-state index in [1.54, 1.807) is 50.3 Å². The molecule has 0 heterocycles. The van der Waals surface area contributed by atoms with Crippen LogP contribution in [-0.4, -0.2) is 34.2 Å². The third-order valence-corrected chi connectivity index (χ3v) is 4.97. The van der Waals surface area contributed by atoms with Crippen molar-refractivity contribution >= 4 is 52.6 Å². The van der Waals surface area contributed by atoms with Crippen LogP contribution in [0.15, 0.2) is 0 Å². The first-order valence-electron chi connectivity index (χ1n) is 6.35. The molecular formula is C12H19ClIN2O5P. The van der Waals surface area contributed by atoms with Crippen molar-refractivity contribution < 1.29 is 23.6 Å². The SMILES string of the molecule is C#C[C@H](NP(=O)(Cl)N[C@@H](I)C(=O)OC(C)C)C(=O)OC(C)C. The van der Waals surface area contributed by atoms with E-state index in [2.05, 4.69) is 16.1 Å². The smallest absolute Gasteiger partial charge is 0.336 e. The van der Waals surface area contributed by atoms with Gasteiger partial charge in [0, 0.05) is 0 Å². The number of alkyl halides is 1. The van der Waals surface area contributed by atoms with Gasteiger partial charge in [-0.1, -0.05) is 28.5 Å². The maximum atomic E-state index is 12.2. The van der Waals surface area contributed by atoms with Crippen molar-refractivity contribution in [2.45, 2.75) is 50.0 Å². The third-order valence-electron chi connectivity index (χ3n) is 1.89. The highest BCUT2D eigenvalue weighted by Gasteiger charge is 2.32. The number of halogens is 2. The Labute approximate surface area is 148 Å². The lowest BCUT2D eigenvalue weighted by Gasteiger charge is -2.21. The first-order valence-corrected chi connectivity index (χ1v) is 10.2. The molecule has 1 unspecified atom stereocenters. The Morgan fingerprint density at radius 3 is 2.00 bits per heavy atom. The lowest BCUT2D eigenvalue weighted by molar-refractivity contribution is -0.148. The molecule has 3 atom stereocenters. The van der Waals surface area contributed by atoms with E-state index in [9.17, 15) is 14.2 Å². The summed E-state index contributed by atoms with van der Waals surface area (Å²) in [5, 5.41) is 4.63. The average molecular weight is 465 g/mol. The van der Waals surface area contributed by atoms with Gasteiger partial charge in [-0.15, -0.1) is 6.42 Å². The second-order valence-corrected chi connectivity index (χ2v) is 8.98. The van der Waals surface area contributed by atoms with Gasteiger partial charge in [0.1, 0.15) is 0 Å². The number of nitrogens with one attached hydrogen (secondary N) is 2. The minimum absolute atomic E-state index is 0.325. The van der Waals surface area contributed by atoms with Gasteiger partial charge < -0.3 is 9.47 Å². The van der Waals surface area contributed by atoms with Gasteiger partial charge in [0.15, 0.2) is 10.1 Å². The highest BCUT2D eigenvalue weighted by atomic mass is 127. The summed E-state index contributed by atoms with van der Waals surface area (Å²) in [7, 11) is 0. The Morgan fingerprint density at radius 1 is 1.14 bits per heavy atom. The molecule has 0 saturated carbocycles. The van der Waals surface area contributed by atoms with Crippen molar-refractivity contribution in [1.29, 1.82) is 0 Å². The summed E-state index contributed by atoms with van der Waals surface area (Å²) >= 11 is 7.46. The van der Waals surface area contributed by atoms with Crippen LogP contribution in [-0.2, 0) is 23.6 Å². The van der Waals surface area contributed by atoms with Crippen molar-refractivity contribution in [2.24, 2.45) is 0 Å². The van der Waals surface area contributed by atoms with E-state index in [0.29, 0.717) is 0 Å². The van der Waals surface area contributed by atoms with E-state index in [1.165, 1.54) is 0 Å². The van der Waals surface area contributed by atoms with Gasteiger partial charge in [0.25, 0.3) is 0 Å². The summed E-state index contributed by atoms with van der Waals surface area (Å²) in [6.07, 6.45) is 4.49. The van der Waals surface area contributed by atoms with E-state index < -0.39 is 28.8 Å². The molecule has 126 valence electrons. The van der Waals surface area contributed by atoms with E-state index in [-0.39, 0.29) is 12.2 Å². The van der Waals surface area contributed by atoms with Crippen molar-refractivity contribution in [1.82, 2.24) is 10.2 Å². The largest absolute Gasteiger partial charge is 0.461 e. The second-order valence-electron chi connectivity index (χ2n) is 4.72. The summed E-state index contributed by atoms with van der Waals surface area (Å²) in [5.41, 5.74) is 0. The monoisotopic (exact) mass is 464 g/mol. The number of esters is 2. The van der Waals surface area contributed by atoms with Crippen LogP contribution in [0.1, 0.15) is 27.7 Å². The first-order chi connectivity index (χ1) is 9.98. The summed E-state index contributed by atoms with van der Waals surface area (Å²) in [5.74, 6) is 0.676. The van der Waals surface area contributed by atoms with Crippen LogP contribution < -0.4 is 10.2 Å². The molecule has 0 aliphatic heterocycles. The number of hydrogen-bond donors (Lipinski definition) is 2. The number of rotatable bonds is 8. The Hall–Kier alpha value is -0.330. The molecule has 0 spiro atoms. The van der Waals surface area contributed by atoms with Crippen LogP contribution in [0.25, 0.3) is 0 Å². The minimum Gasteiger partial charge on any atom is -0.461 e. The zero-order chi connectivity index (χ0) is 17.5. The van der Waals surface area contributed by atoms with Crippen LogP contribution in [0.3, 0.4) is 0 Å². The van der Waals surface area contributed by atoms with Crippen LogP contribution in [0.2, 0.25) is 0 Å². The van der Waals surface area contributed by atoms with Gasteiger partial charge in [-0.25, -0.2) is 19.8 Å². The summed E-state index contributed by atoms with van der Waals surface area (Å²) < 4.78 is 21.1. The predicted octanol–water partition coefficient (Wildman–Crippen LogP) is 2.18. The Balaban J connectivity index is 4.73. The average Bonchev–Trinajstić information content (AvgIpc) is 2.33. The van der Waals surface area contributed by atoms with Gasteiger partial charge in [-0.05, 0) is 38.9 Å². The lowest BCUT2D eigenvalue weighted by Crippen LogP contribution is -2.40. The molecule has 0 fully saturated rings. The molecule has 10 heteroatoms. The Morgan fingerprint density at radius 2 is 1.59 bits per heavy atom. The Kier molecular flexibility index (Phi) is 9.58. The molecule has 0 amide bonds. The Bertz CT molecular complexity index is 494. The van der Waals surface area contributed by atoms with Gasteiger partial charge in [-0.2, -0.15) is 0 Å². The normalized spacial score (nSPS) is 16.5. The van der Waals surface area contributed by atoms with Crippen molar-refractivity contribution in [3.8, 4) is 12.3 Å². The first kappa shape index (κ1) is 21.7. The van der Waals surface area contributed by atoms with Crippen LogP contribution in [0.5, 0.6) is 0 Å². The lowest BCUT2D eigenvalue weighted by atomic mass is 10.3. The molecule has 0 aromatic rings. The number of hydrogen-bond acceptors (Lipinski definition) is 5. The van der Waals surface area contributed by atoms with Crippen LogP contribution in [0.4, 0.5) is 0 Å². The molecular weight excluding hydrogens is 445 g/mol. The summed E-state index contributed by atoms with van der Waals surface area (Å²) in [6.45, 7) is 2.85. The van der Waals surface area contributed by atoms with E-state index in [1.807, 2.05) is 0 Å². The molecule has 0 saturated heterocycles. The van der Waals surface area contributed by atoms with Crippen molar-refractivity contribution in [3.05, 3.63) is 0 Å². The number of terminal acetylenes is 1. The fourth-order valence-electron chi connectivity index (χ4n) is 1.15. The molecule has 0 aliphatic rings. The predicted molar refractivity (Wildman–Crippen MR) is 92.6 cm³/mol. The molecule has 22 heavy (non-hydrogen) atoms. The minimum atomic E-state index is -3.80. The molecule has 0 aliphatic carbocycles. The maximum absolute atomic E-state index is 12.2. The topological polar surface area (TPSA) is 93.7 Å². The molecule has 2 N–H and O–H groups in total. The standard InChI is InChI=1S/C12H19ClIN2O5P/c1-6-9(11(17)20-7(2)3)15-22(13,19)16-10(14)12(18)21-8(4)5/h1,7-10H,2-5H3,(H2,15,16,19)/t9-,10+,22?/m0/s1. The van der Waals surface area contributed by atoms with Gasteiger partial charge >= 0.3 is 18.7 Å². The van der Waals surface area contributed by atoms with E-state index >= 15 is 0 Å². The summed E-state index contributed by atoms with van der Waals surface area (Å²) in [6, 6.07) is -1.30. The highest BCUT2D eigenvalue weighted by molar-refractivity contribution is 14.1. The molecule has 0 aromatic carbocycles. The number of carbonyl (C=O) groups is 2. The van der Waals surface area contributed by atoms with Gasteiger partial charge in [0.05, 0.1) is 12.2 Å². The van der Waals surface area contributed by atoms with Crippen molar-refractivity contribution in [2.75, 3.05) is 0 Å². The summed E-state index contributed by atoms with van der Waals surface area (Å²) in [4.78, 5) is 23.3. The van der Waals surface area contributed by atoms with E-state index in [0.717, 1.165) is 0 Å². The van der Waals surface area contributed by atoms with Crippen LogP contribution >= 0.6 is 40.6 Å².